The predicted molar refractivity (Wildman–Crippen MR) is 117 cm³/mol. The highest BCUT2D eigenvalue weighted by Gasteiger charge is 2.31. The molecule has 4 rings (SSSR count). The molecule has 2 amide bonds. The molecule has 9 nitrogen and oxygen atoms in total. The van der Waals surface area contributed by atoms with E-state index in [0.717, 1.165) is 5.56 Å². The van der Waals surface area contributed by atoms with Crippen LogP contribution in [0.2, 0.25) is 0 Å². The van der Waals surface area contributed by atoms with Crippen molar-refractivity contribution in [3.05, 3.63) is 59.2 Å². The second kappa shape index (κ2) is 9.37. The summed E-state index contributed by atoms with van der Waals surface area (Å²) in [6, 6.07) is 11.2. The van der Waals surface area contributed by atoms with E-state index in [0.29, 0.717) is 57.3 Å². The van der Waals surface area contributed by atoms with Crippen molar-refractivity contribution < 1.29 is 27.5 Å². The van der Waals surface area contributed by atoms with E-state index in [1.165, 1.54) is 16.4 Å². The predicted octanol–water partition coefficient (Wildman–Crippen LogP) is 1.56. The first kappa shape index (κ1) is 22.4. The number of ether oxygens (including phenoxy) is 2. The average Bonchev–Trinajstić information content (AvgIpc) is 3.14. The molecule has 2 aliphatic heterocycles. The van der Waals surface area contributed by atoms with Gasteiger partial charge in [0.15, 0.2) is 0 Å². The van der Waals surface area contributed by atoms with Crippen LogP contribution in [0.5, 0.6) is 0 Å². The van der Waals surface area contributed by atoms with E-state index in [1.807, 2.05) is 6.07 Å². The Morgan fingerprint density at radius 2 is 1.84 bits per heavy atom. The van der Waals surface area contributed by atoms with E-state index >= 15 is 0 Å². The summed E-state index contributed by atoms with van der Waals surface area (Å²) in [5.74, 6) is -0.623. The summed E-state index contributed by atoms with van der Waals surface area (Å²) < 4.78 is 37.1. The van der Waals surface area contributed by atoms with Crippen LogP contribution in [0, 0.1) is 0 Å². The van der Waals surface area contributed by atoms with E-state index in [9.17, 15) is 18.0 Å². The molecule has 170 valence electrons. The van der Waals surface area contributed by atoms with Gasteiger partial charge in [-0.3, -0.25) is 9.59 Å². The number of morpholine rings is 1. The number of carbonyl (C=O) groups excluding carboxylic acids is 2. The third-order valence-electron chi connectivity index (χ3n) is 5.54. The second-order valence-electron chi connectivity index (χ2n) is 7.55. The van der Waals surface area contributed by atoms with Crippen LogP contribution in [0.4, 0.5) is 5.69 Å². The van der Waals surface area contributed by atoms with Crippen molar-refractivity contribution in [1.29, 1.82) is 0 Å². The Labute approximate surface area is 187 Å². The summed E-state index contributed by atoms with van der Waals surface area (Å²) in [7, 11) is -2.03. The highest BCUT2D eigenvalue weighted by molar-refractivity contribution is 7.89. The Bertz CT molecular complexity index is 1110. The molecule has 2 aromatic rings. The van der Waals surface area contributed by atoms with Crippen LogP contribution in [-0.4, -0.2) is 76.0 Å². The highest BCUT2D eigenvalue weighted by atomic mass is 32.2. The number of hydrogen-bond donors (Lipinski definition) is 1. The first-order valence-corrected chi connectivity index (χ1v) is 11.8. The summed E-state index contributed by atoms with van der Waals surface area (Å²) in [5.41, 5.74) is 1.92. The number of fused-ring (bicyclic) bond motifs is 1. The lowest BCUT2D eigenvalue weighted by atomic mass is 10.0. The fourth-order valence-electron chi connectivity index (χ4n) is 3.84. The quantitative estimate of drug-likeness (QED) is 0.674. The third kappa shape index (κ3) is 4.40. The van der Waals surface area contributed by atoms with Gasteiger partial charge in [-0.05, 0) is 35.9 Å². The summed E-state index contributed by atoms with van der Waals surface area (Å²) in [6.45, 7) is 2.68. The molecule has 2 aromatic carbocycles. The molecule has 0 aliphatic carbocycles. The van der Waals surface area contributed by atoms with Crippen LogP contribution in [-0.2, 0) is 26.0 Å². The lowest BCUT2D eigenvalue weighted by molar-refractivity contribution is 0.0716. The summed E-state index contributed by atoms with van der Waals surface area (Å²) in [6.07, 6.45) is 0. The van der Waals surface area contributed by atoms with Crippen LogP contribution in [0.25, 0.3) is 0 Å². The Morgan fingerprint density at radius 1 is 1.12 bits per heavy atom. The molecule has 32 heavy (non-hydrogen) atoms. The van der Waals surface area contributed by atoms with Crippen LogP contribution in [0.1, 0.15) is 26.3 Å². The molecular formula is C22H25N3O6S. The Morgan fingerprint density at radius 3 is 2.53 bits per heavy atom. The largest absolute Gasteiger partial charge is 0.383 e. The maximum absolute atomic E-state index is 12.9. The SMILES string of the molecule is COCCN1Cc2cccc(C(=O)Nc3ccc(S(=O)(=O)N4CCOCC4)cc3)c2C1=O. The number of anilines is 1. The number of nitrogens with one attached hydrogen (secondary N) is 1. The van der Waals surface area contributed by atoms with Crippen molar-refractivity contribution in [2.75, 3.05) is 51.9 Å². The number of carbonyl (C=O) groups is 2. The first-order valence-electron chi connectivity index (χ1n) is 10.3. The minimum absolute atomic E-state index is 0.155. The highest BCUT2D eigenvalue weighted by Crippen LogP contribution is 2.27. The zero-order chi connectivity index (χ0) is 22.7. The van der Waals surface area contributed by atoms with Crippen molar-refractivity contribution in [3.8, 4) is 0 Å². The normalized spacial score (nSPS) is 16.8. The summed E-state index contributed by atoms with van der Waals surface area (Å²) in [4.78, 5) is 27.5. The fourth-order valence-corrected chi connectivity index (χ4v) is 5.24. The lowest BCUT2D eigenvalue weighted by Gasteiger charge is -2.26. The van der Waals surface area contributed by atoms with Gasteiger partial charge in [0.1, 0.15) is 0 Å². The number of sulfonamides is 1. The van der Waals surface area contributed by atoms with Gasteiger partial charge in [0.2, 0.25) is 10.0 Å². The zero-order valence-corrected chi connectivity index (χ0v) is 18.6. The number of methoxy groups -OCH3 is 1. The number of benzene rings is 2. The smallest absolute Gasteiger partial charge is 0.256 e. The molecule has 0 saturated carbocycles. The molecule has 10 heteroatoms. The standard InChI is InChI=1S/C22H25N3O6S/c1-30-12-9-24-15-16-3-2-4-19(20(16)22(24)27)21(26)23-17-5-7-18(8-6-17)32(28,29)25-10-13-31-14-11-25/h2-8H,9-15H2,1H3,(H,23,26). The van der Waals surface area contributed by atoms with Crippen molar-refractivity contribution >= 4 is 27.5 Å². The Kier molecular flexibility index (Phi) is 6.56. The van der Waals surface area contributed by atoms with Gasteiger partial charge in [0.05, 0.1) is 35.8 Å². The monoisotopic (exact) mass is 459 g/mol. The van der Waals surface area contributed by atoms with Gasteiger partial charge in [-0.15, -0.1) is 0 Å². The summed E-state index contributed by atoms with van der Waals surface area (Å²) in [5, 5.41) is 2.76. The topological polar surface area (TPSA) is 105 Å². The number of rotatable bonds is 7. The number of hydrogen-bond acceptors (Lipinski definition) is 6. The minimum atomic E-state index is -3.61. The van der Waals surface area contributed by atoms with Gasteiger partial charge in [0.25, 0.3) is 11.8 Å². The molecule has 0 radical (unpaired) electrons. The lowest BCUT2D eigenvalue weighted by Crippen LogP contribution is -2.40. The fraction of sp³-hybridized carbons (Fsp3) is 0.364. The van der Waals surface area contributed by atoms with Crippen molar-refractivity contribution in [3.63, 3.8) is 0 Å². The Balaban J connectivity index is 1.49. The Hall–Kier alpha value is -2.79. The molecule has 1 saturated heterocycles. The van der Waals surface area contributed by atoms with Crippen molar-refractivity contribution in [2.45, 2.75) is 11.4 Å². The van der Waals surface area contributed by atoms with E-state index in [-0.39, 0.29) is 16.4 Å². The molecule has 0 spiro atoms. The first-order chi connectivity index (χ1) is 15.4. The zero-order valence-electron chi connectivity index (χ0n) is 17.7. The van der Waals surface area contributed by atoms with Gasteiger partial charge < -0.3 is 19.7 Å². The van der Waals surface area contributed by atoms with Crippen LogP contribution >= 0.6 is 0 Å². The van der Waals surface area contributed by atoms with E-state index < -0.39 is 15.9 Å². The molecular weight excluding hydrogens is 434 g/mol. The molecule has 0 aromatic heterocycles. The minimum Gasteiger partial charge on any atom is -0.383 e. The molecule has 1 N–H and O–H groups in total. The molecule has 2 aliphatic rings. The molecule has 0 bridgehead atoms. The number of nitrogens with zero attached hydrogens (tertiary/aromatic N) is 2. The van der Waals surface area contributed by atoms with Crippen LogP contribution in [0.15, 0.2) is 47.4 Å². The van der Waals surface area contributed by atoms with Gasteiger partial charge >= 0.3 is 0 Å². The van der Waals surface area contributed by atoms with Gasteiger partial charge in [-0.25, -0.2) is 8.42 Å². The molecule has 0 unspecified atom stereocenters. The van der Waals surface area contributed by atoms with E-state index in [2.05, 4.69) is 5.32 Å². The third-order valence-corrected chi connectivity index (χ3v) is 7.46. The van der Waals surface area contributed by atoms with Crippen molar-refractivity contribution in [1.82, 2.24) is 9.21 Å². The summed E-state index contributed by atoms with van der Waals surface area (Å²) >= 11 is 0. The van der Waals surface area contributed by atoms with Crippen LogP contribution < -0.4 is 5.32 Å². The maximum atomic E-state index is 12.9. The van der Waals surface area contributed by atoms with E-state index in [4.69, 9.17) is 9.47 Å². The van der Waals surface area contributed by atoms with Crippen LogP contribution in [0.3, 0.4) is 0 Å². The van der Waals surface area contributed by atoms with Crippen molar-refractivity contribution in [2.24, 2.45) is 0 Å². The second-order valence-corrected chi connectivity index (χ2v) is 9.49. The number of amides is 2. The molecule has 2 heterocycles. The van der Waals surface area contributed by atoms with E-state index in [1.54, 1.807) is 36.3 Å². The maximum Gasteiger partial charge on any atom is 0.256 e. The average molecular weight is 460 g/mol. The molecule has 1 fully saturated rings. The van der Waals surface area contributed by atoms with Gasteiger partial charge in [-0.2, -0.15) is 4.31 Å². The van der Waals surface area contributed by atoms with Gasteiger partial charge in [0, 0.05) is 39.0 Å². The van der Waals surface area contributed by atoms with Gasteiger partial charge in [-0.1, -0.05) is 12.1 Å². The molecule has 0 atom stereocenters.